The van der Waals surface area contributed by atoms with E-state index >= 15 is 0 Å². The van der Waals surface area contributed by atoms with E-state index in [-0.39, 0.29) is 0 Å². The zero-order valence-corrected chi connectivity index (χ0v) is 14.6. The van der Waals surface area contributed by atoms with Crippen molar-refractivity contribution in [2.75, 3.05) is 28.4 Å². The van der Waals surface area contributed by atoms with E-state index in [1.807, 2.05) is 13.8 Å². The van der Waals surface area contributed by atoms with Gasteiger partial charge in [0.2, 0.25) is 6.36 Å². The lowest BCUT2D eigenvalue weighted by molar-refractivity contribution is -0.416. The third-order valence-corrected chi connectivity index (χ3v) is 5.96. The molecule has 1 aliphatic heterocycles. The fraction of sp³-hybridized carbons (Fsp3) is 1.00. The summed E-state index contributed by atoms with van der Waals surface area (Å²) in [5.41, 5.74) is -4.53. The van der Waals surface area contributed by atoms with Crippen molar-refractivity contribution in [1.82, 2.24) is 0 Å². The van der Waals surface area contributed by atoms with Crippen molar-refractivity contribution >= 4 is 0 Å². The van der Waals surface area contributed by atoms with Crippen LogP contribution in [-0.4, -0.2) is 63.3 Å². The maximum Gasteiger partial charge on any atom is 0.231 e. The van der Waals surface area contributed by atoms with Crippen LogP contribution in [0.2, 0.25) is 0 Å². The van der Waals surface area contributed by atoms with Crippen LogP contribution in [0.25, 0.3) is 0 Å². The molecule has 0 aromatic rings. The summed E-state index contributed by atoms with van der Waals surface area (Å²) >= 11 is 0. The average molecular weight is 308 g/mol. The molecule has 1 saturated heterocycles. The standard InChI is InChI=1S/C15H29FO5/c1-10(17-6)12(2)14(4,19-8)15(5,20-9)13(3,18-7)11(16)21-12/h10-11H,1-9H3. The number of halogens is 1. The van der Waals surface area contributed by atoms with Crippen LogP contribution < -0.4 is 0 Å². The Morgan fingerprint density at radius 1 is 0.905 bits per heavy atom. The van der Waals surface area contributed by atoms with Gasteiger partial charge in [-0.05, 0) is 34.6 Å². The molecule has 0 N–H and O–H groups in total. The third-order valence-electron chi connectivity index (χ3n) is 5.96. The van der Waals surface area contributed by atoms with Gasteiger partial charge in [-0.25, -0.2) is 4.39 Å². The molecule has 0 bridgehead atoms. The number of methoxy groups -OCH3 is 4. The first-order valence-electron chi connectivity index (χ1n) is 7.04. The molecule has 0 aromatic carbocycles. The molecule has 1 heterocycles. The van der Waals surface area contributed by atoms with E-state index in [0.29, 0.717) is 0 Å². The van der Waals surface area contributed by atoms with Crippen LogP contribution in [0.5, 0.6) is 0 Å². The molecule has 1 rings (SSSR count). The topological polar surface area (TPSA) is 46.2 Å². The Morgan fingerprint density at radius 2 is 1.38 bits per heavy atom. The highest BCUT2D eigenvalue weighted by molar-refractivity contribution is 5.22. The Labute approximate surface area is 127 Å². The van der Waals surface area contributed by atoms with Crippen molar-refractivity contribution in [3.8, 4) is 0 Å². The minimum atomic E-state index is -1.70. The third kappa shape index (κ3) is 2.07. The zero-order valence-electron chi connectivity index (χ0n) is 14.6. The molecule has 6 heteroatoms. The van der Waals surface area contributed by atoms with Crippen molar-refractivity contribution in [1.29, 1.82) is 0 Å². The second-order valence-electron chi connectivity index (χ2n) is 6.20. The summed E-state index contributed by atoms with van der Waals surface area (Å²) in [6.07, 6.45) is -2.12. The van der Waals surface area contributed by atoms with Gasteiger partial charge in [0.15, 0.2) is 5.60 Å². The van der Waals surface area contributed by atoms with Gasteiger partial charge in [-0.2, -0.15) is 0 Å². The Morgan fingerprint density at radius 3 is 1.71 bits per heavy atom. The fourth-order valence-corrected chi connectivity index (χ4v) is 3.39. The Bertz CT molecular complexity index is 381. The smallest absolute Gasteiger partial charge is 0.231 e. The molecule has 0 amide bonds. The Hall–Kier alpha value is -0.270. The first kappa shape index (κ1) is 18.8. The minimum absolute atomic E-state index is 0.420. The summed E-state index contributed by atoms with van der Waals surface area (Å²) in [4.78, 5) is 0. The summed E-state index contributed by atoms with van der Waals surface area (Å²) in [6, 6.07) is 0. The van der Waals surface area contributed by atoms with Crippen LogP contribution in [0.15, 0.2) is 0 Å². The van der Waals surface area contributed by atoms with Gasteiger partial charge >= 0.3 is 0 Å². The quantitative estimate of drug-likeness (QED) is 0.780. The van der Waals surface area contributed by atoms with Crippen LogP contribution in [0, 0.1) is 0 Å². The average Bonchev–Trinajstić information content (AvgIpc) is 2.49. The molecule has 6 atom stereocenters. The van der Waals surface area contributed by atoms with Gasteiger partial charge in [0.05, 0.1) is 6.10 Å². The highest BCUT2D eigenvalue weighted by Gasteiger charge is 2.74. The van der Waals surface area contributed by atoms with Crippen LogP contribution in [-0.2, 0) is 23.7 Å². The van der Waals surface area contributed by atoms with Crippen molar-refractivity contribution in [2.45, 2.75) is 69.5 Å². The maximum absolute atomic E-state index is 14.8. The molecule has 21 heavy (non-hydrogen) atoms. The lowest BCUT2D eigenvalue weighted by Crippen LogP contribution is -2.83. The SMILES string of the molecule is COC(C)C1(C)OC(F)C(C)(OC)C(C)(OC)C1(C)OC. The number of rotatable bonds is 5. The highest BCUT2D eigenvalue weighted by Crippen LogP contribution is 2.55. The number of hydrogen-bond donors (Lipinski definition) is 0. The van der Waals surface area contributed by atoms with E-state index in [0.717, 1.165) is 0 Å². The molecule has 1 fully saturated rings. The van der Waals surface area contributed by atoms with Crippen LogP contribution in [0.3, 0.4) is 0 Å². The highest BCUT2D eigenvalue weighted by atomic mass is 19.1. The molecule has 0 saturated carbocycles. The van der Waals surface area contributed by atoms with Gasteiger partial charge in [-0.3, -0.25) is 0 Å². The number of ether oxygens (including phenoxy) is 5. The molecule has 1 aliphatic rings. The molecular formula is C15H29FO5. The molecule has 0 spiro atoms. The lowest BCUT2D eigenvalue weighted by Gasteiger charge is -2.65. The summed E-state index contributed by atoms with van der Waals surface area (Å²) in [6.45, 7) is 8.81. The first-order valence-corrected chi connectivity index (χ1v) is 7.04. The van der Waals surface area contributed by atoms with Crippen LogP contribution in [0.1, 0.15) is 34.6 Å². The Kier molecular flexibility index (Phi) is 5.13. The lowest BCUT2D eigenvalue weighted by atomic mass is 9.61. The second kappa shape index (κ2) is 5.74. The van der Waals surface area contributed by atoms with E-state index in [2.05, 4.69) is 0 Å². The summed E-state index contributed by atoms with van der Waals surface area (Å²) < 4.78 is 42.9. The van der Waals surface area contributed by atoms with Gasteiger partial charge in [-0.1, -0.05) is 0 Å². The summed E-state index contributed by atoms with van der Waals surface area (Å²) in [5.74, 6) is 0. The summed E-state index contributed by atoms with van der Waals surface area (Å²) in [7, 11) is 6.06. The number of hydrogen-bond acceptors (Lipinski definition) is 5. The molecule has 126 valence electrons. The van der Waals surface area contributed by atoms with Crippen LogP contribution >= 0.6 is 0 Å². The largest absolute Gasteiger partial charge is 0.379 e. The maximum atomic E-state index is 14.8. The second-order valence-corrected chi connectivity index (χ2v) is 6.20. The van der Waals surface area contributed by atoms with E-state index in [1.54, 1.807) is 35.0 Å². The minimum Gasteiger partial charge on any atom is -0.379 e. The van der Waals surface area contributed by atoms with Gasteiger partial charge in [0.1, 0.15) is 16.8 Å². The van der Waals surface area contributed by atoms with E-state index in [9.17, 15) is 4.39 Å². The molecule has 0 aliphatic carbocycles. The molecule has 0 radical (unpaired) electrons. The first-order chi connectivity index (χ1) is 9.54. The predicted octanol–water partition coefficient (Wildman–Crippen LogP) is 2.32. The number of alkyl halides is 1. The normalized spacial score (nSPS) is 49.1. The molecule has 0 aromatic heterocycles. The molecular weight excluding hydrogens is 279 g/mol. The van der Waals surface area contributed by atoms with Gasteiger partial charge < -0.3 is 23.7 Å². The predicted molar refractivity (Wildman–Crippen MR) is 77.1 cm³/mol. The Balaban J connectivity index is 3.58. The fourth-order valence-electron chi connectivity index (χ4n) is 3.39. The molecule has 5 nitrogen and oxygen atoms in total. The van der Waals surface area contributed by atoms with Gasteiger partial charge in [0.25, 0.3) is 0 Å². The van der Waals surface area contributed by atoms with Crippen molar-refractivity contribution in [3.63, 3.8) is 0 Å². The van der Waals surface area contributed by atoms with Crippen molar-refractivity contribution < 1.29 is 28.1 Å². The van der Waals surface area contributed by atoms with Crippen molar-refractivity contribution in [2.24, 2.45) is 0 Å². The zero-order chi connectivity index (χ0) is 16.7. The van der Waals surface area contributed by atoms with E-state index in [1.165, 1.54) is 14.2 Å². The van der Waals surface area contributed by atoms with E-state index in [4.69, 9.17) is 23.7 Å². The van der Waals surface area contributed by atoms with Crippen LogP contribution in [0.4, 0.5) is 4.39 Å². The molecule has 6 unspecified atom stereocenters. The van der Waals surface area contributed by atoms with Crippen molar-refractivity contribution in [3.05, 3.63) is 0 Å². The van der Waals surface area contributed by atoms with Gasteiger partial charge in [0, 0.05) is 28.4 Å². The van der Waals surface area contributed by atoms with Gasteiger partial charge in [-0.15, -0.1) is 0 Å². The monoisotopic (exact) mass is 308 g/mol. The summed E-state index contributed by atoms with van der Waals surface area (Å²) in [5, 5.41) is 0. The van der Waals surface area contributed by atoms with E-state index < -0.39 is 34.9 Å².